The minimum atomic E-state index is -3.52. The van der Waals surface area contributed by atoms with Crippen molar-refractivity contribution in [3.8, 4) is 0 Å². The van der Waals surface area contributed by atoms with E-state index in [2.05, 4.69) is 15.0 Å². The van der Waals surface area contributed by atoms with Gasteiger partial charge < -0.3 is 0 Å². The number of benzene rings is 2. The number of Topliss-reactive ketones (excluding diaryl/α,β-unsaturated/α-hetero) is 1. The summed E-state index contributed by atoms with van der Waals surface area (Å²) in [5.74, 6) is 0.403. The first-order chi connectivity index (χ1) is 15.5. The third-order valence-electron chi connectivity index (χ3n) is 5.89. The number of sulfone groups is 1. The summed E-state index contributed by atoms with van der Waals surface area (Å²) >= 11 is 0. The van der Waals surface area contributed by atoms with Crippen LogP contribution < -0.4 is 0 Å². The summed E-state index contributed by atoms with van der Waals surface area (Å²) in [5, 5.41) is 2.14. The van der Waals surface area contributed by atoms with Gasteiger partial charge in [-0.3, -0.25) is 9.78 Å². The average molecular weight is 444 g/mol. The van der Waals surface area contributed by atoms with Crippen LogP contribution in [0.5, 0.6) is 0 Å². The van der Waals surface area contributed by atoms with Crippen LogP contribution in [0.25, 0.3) is 10.8 Å². The first kappa shape index (κ1) is 20.5. The molecule has 2 heterocycles. The van der Waals surface area contributed by atoms with Gasteiger partial charge in [0.15, 0.2) is 9.84 Å². The van der Waals surface area contributed by atoms with Crippen LogP contribution in [-0.2, 0) is 26.8 Å². The van der Waals surface area contributed by atoms with Gasteiger partial charge in [0.1, 0.15) is 17.4 Å². The highest BCUT2D eigenvalue weighted by molar-refractivity contribution is 7.90. The van der Waals surface area contributed by atoms with Gasteiger partial charge in [-0.1, -0.05) is 30.3 Å². The van der Waals surface area contributed by atoms with Crippen LogP contribution in [0.1, 0.15) is 29.3 Å². The van der Waals surface area contributed by atoms with Crippen molar-refractivity contribution < 1.29 is 13.2 Å². The van der Waals surface area contributed by atoms with Gasteiger partial charge in [0.25, 0.3) is 0 Å². The standard InChI is InChI=1S/C25H21N3O3S/c29-24(13-17-2-3-20-15-26-11-8-19(20)12-17)23-14-22(23)18-4-6-21(7-5-18)32(30,31)16-25-27-9-1-10-28-25/h1-12,15,22-23H,13-14,16H2/t22?,23-/m1/s1. The van der Waals surface area contributed by atoms with Crippen molar-refractivity contribution in [2.75, 3.05) is 0 Å². The topological polar surface area (TPSA) is 89.9 Å². The summed E-state index contributed by atoms with van der Waals surface area (Å²) in [7, 11) is -3.52. The second-order valence-electron chi connectivity index (χ2n) is 8.14. The number of hydrogen-bond acceptors (Lipinski definition) is 6. The Morgan fingerprint density at radius 3 is 2.50 bits per heavy atom. The Bertz CT molecular complexity index is 1390. The number of rotatable bonds is 7. The Labute approximate surface area is 186 Å². The van der Waals surface area contributed by atoms with Gasteiger partial charge in [0.05, 0.1) is 4.90 Å². The Morgan fingerprint density at radius 2 is 1.72 bits per heavy atom. The Balaban J connectivity index is 1.24. The van der Waals surface area contributed by atoms with Gasteiger partial charge in [-0.05, 0) is 53.1 Å². The smallest absolute Gasteiger partial charge is 0.185 e. The molecule has 5 rings (SSSR count). The maximum Gasteiger partial charge on any atom is 0.185 e. The normalized spacial score (nSPS) is 17.9. The van der Waals surface area contributed by atoms with E-state index in [0.717, 1.165) is 28.3 Å². The quantitative estimate of drug-likeness (QED) is 0.430. The molecule has 4 aromatic rings. The number of ketones is 1. The summed E-state index contributed by atoms with van der Waals surface area (Å²) in [6, 6.07) is 16.5. The molecule has 0 saturated heterocycles. The zero-order chi connectivity index (χ0) is 22.1. The van der Waals surface area contributed by atoms with Crippen LogP contribution in [0.3, 0.4) is 0 Å². The average Bonchev–Trinajstić information content (AvgIpc) is 3.61. The molecule has 0 aliphatic heterocycles. The highest BCUT2D eigenvalue weighted by Crippen LogP contribution is 2.48. The molecule has 1 aliphatic carbocycles. The van der Waals surface area contributed by atoms with Crippen LogP contribution in [0.15, 0.2) is 84.3 Å². The first-order valence-corrected chi connectivity index (χ1v) is 12.1. The number of carbonyl (C=O) groups is 1. The third-order valence-corrected chi connectivity index (χ3v) is 7.52. The molecule has 2 atom stereocenters. The lowest BCUT2D eigenvalue weighted by atomic mass is 10.0. The molecule has 160 valence electrons. The number of carbonyl (C=O) groups excluding carboxylic acids is 1. The summed E-state index contributed by atoms with van der Waals surface area (Å²) in [5.41, 5.74) is 2.01. The van der Waals surface area contributed by atoms with Gasteiger partial charge in [0, 0.05) is 42.5 Å². The van der Waals surface area contributed by atoms with Crippen molar-refractivity contribution in [1.82, 2.24) is 15.0 Å². The van der Waals surface area contributed by atoms with E-state index in [-0.39, 0.29) is 34.1 Å². The number of nitrogens with zero attached hydrogens (tertiary/aromatic N) is 3. The van der Waals surface area contributed by atoms with E-state index in [0.29, 0.717) is 6.42 Å². The SMILES string of the molecule is O=C(Cc1ccc2cnccc2c1)[C@@H]1CC1c1ccc(S(=O)(=O)Cc2ncccn2)cc1. The van der Waals surface area contributed by atoms with E-state index < -0.39 is 9.84 Å². The molecule has 32 heavy (non-hydrogen) atoms. The Hall–Kier alpha value is -3.45. The monoisotopic (exact) mass is 443 g/mol. The van der Waals surface area contributed by atoms with Gasteiger partial charge in [-0.15, -0.1) is 0 Å². The first-order valence-electron chi connectivity index (χ1n) is 10.4. The number of pyridine rings is 1. The summed E-state index contributed by atoms with van der Waals surface area (Å²) in [6.07, 6.45) is 7.83. The lowest BCUT2D eigenvalue weighted by Gasteiger charge is -2.06. The molecule has 0 N–H and O–H groups in total. The minimum absolute atomic E-state index is 0.0108. The molecule has 1 fully saturated rings. The molecule has 1 aliphatic rings. The van der Waals surface area contributed by atoms with E-state index in [1.807, 2.05) is 42.6 Å². The predicted molar refractivity (Wildman–Crippen MR) is 121 cm³/mol. The molecule has 6 nitrogen and oxygen atoms in total. The fourth-order valence-corrected chi connectivity index (χ4v) is 5.28. The fraction of sp³-hybridized carbons (Fsp3) is 0.200. The third kappa shape index (κ3) is 4.29. The molecule has 7 heteroatoms. The largest absolute Gasteiger partial charge is 0.299 e. The summed E-state index contributed by atoms with van der Waals surface area (Å²) in [4.78, 5) is 25.1. The van der Waals surface area contributed by atoms with E-state index in [4.69, 9.17) is 0 Å². The molecular formula is C25H21N3O3S. The van der Waals surface area contributed by atoms with Crippen molar-refractivity contribution in [3.05, 3.63) is 96.3 Å². The van der Waals surface area contributed by atoms with Gasteiger partial charge in [0.2, 0.25) is 0 Å². The second kappa shape index (κ2) is 8.24. The lowest BCUT2D eigenvalue weighted by Crippen LogP contribution is -2.08. The minimum Gasteiger partial charge on any atom is -0.299 e. The molecule has 0 bridgehead atoms. The van der Waals surface area contributed by atoms with Gasteiger partial charge >= 0.3 is 0 Å². The number of hydrogen-bond donors (Lipinski definition) is 0. The molecule has 0 spiro atoms. The molecule has 1 saturated carbocycles. The van der Waals surface area contributed by atoms with Crippen LogP contribution in [0.2, 0.25) is 0 Å². The van der Waals surface area contributed by atoms with Crippen LogP contribution >= 0.6 is 0 Å². The van der Waals surface area contributed by atoms with Crippen molar-refractivity contribution >= 4 is 26.4 Å². The maximum atomic E-state index is 12.8. The Kier molecular flexibility index (Phi) is 5.27. The zero-order valence-corrected chi connectivity index (χ0v) is 18.1. The van der Waals surface area contributed by atoms with Crippen molar-refractivity contribution in [2.45, 2.75) is 29.4 Å². The molecular weight excluding hydrogens is 422 g/mol. The molecule has 2 aromatic heterocycles. The predicted octanol–water partition coefficient (Wildman–Crippen LogP) is 3.91. The Morgan fingerprint density at radius 1 is 0.938 bits per heavy atom. The van der Waals surface area contributed by atoms with Crippen molar-refractivity contribution in [3.63, 3.8) is 0 Å². The van der Waals surface area contributed by atoms with Crippen LogP contribution in [0, 0.1) is 5.92 Å². The van der Waals surface area contributed by atoms with Crippen molar-refractivity contribution in [2.24, 2.45) is 5.92 Å². The maximum absolute atomic E-state index is 12.8. The molecule has 0 radical (unpaired) electrons. The number of fused-ring (bicyclic) bond motifs is 1. The highest BCUT2D eigenvalue weighted by atomic mass is 32.2. The fourth-order valence-electron chi connectivity index (χ4n) is 4.07. The lowest BCUT2D eigenvalue weighted by molar-refractivity contribution is -0.119. The van der Waals surface area contributed by atoms with E-state index >= 15 is 0 Å². The van der Waals surface area contributed by atoms with E-state index in [9.17, 15) is 13.2 Å². The van der Waals surface area contributed by atoms with Crippen LogP contribution in [-0.4, -0.2) is 29.2 Å². The number of aromatic nitrogens is 3. The summed E-state index contributed by atoms with van der Waals surface area (Å²) < 4.78 is 25.3. The van der Waals surface area contributed by atoms with E-state index in [1.54, 1.807) is 24.4 Å². The molecule has 0 amide bonds. The molecule has 2 aromatic carbocycles. The van der Waals surface area contributed by atoms with Gasteiger partial charge in [-0.25, -0.2) is 18.4 Å². The van der Waals surface area contributed by atoms with Gasteiger partial charge in [-0.2, -0.15) is 0 Å². The molecule has 1 unspecified atom stereocenters. The zero-order valence-electron chi connectivity index (χ0n) is 17.3. The summed E-state index contributed by atoms with van der Waals surface area (Å²) in [6.45, 7) is 0. The van der Waals surface area contributed by atoms with E-state index in [1.165, 1.54) is 12.4 Å². The van der Waals surface area contributed by atoms with Crippen molar-refractivity contribution in [1.29, 1.82) is 0 Å². The van der Waals surface area contributed by atoms with Crippen LogP contribution in [0.4, 0.5) is 0 Å². The second-order valence-corrected chi connectivity index (χ2v) is 10.1. The highest BCUT2D eigenvalue weighted by Gasteiger charge is 2.43.